The molecule has 0 spiro atoms. The second kappa shape index (κ2) is 8.64. The number of carbonyl (C=O) groups is 1. The lowest BCUT2D eigenvalue weighted by atomic mass is 9.99. The number of nitrogens with two attached hydrogens (primary N) is 1. The van der Waals surface area contributed by atoms with Crippen molar-refractivity contribution in [3.8, 4) is 23.1 Å². The number of rotatable bonds is 4. The van der Waals surface area contributed by atoms with Crippen molar-refractivity contribution in [2.75, 3.05) is 5.73 Å². The summed E-state index contributed by atoms with van der Waals surface area (Å²) >= 11 is 0. The molecule has 0 aliphatic carbocycles. The highest BCUT2D eigenvalue weighted by atomic mass is 16.1. The maximum Gasteiger partial charge on any atom is 0.259 e. The minimum Gasteiger partial charge on any atom is -0.381 e. The van der Waals surface area contributed by atoms with Crippen LogP contribution in [-0.4, -0.2) is 30.5 Å². The van der Waals surface area contributed by atoms with Crippen LogP contribution in [-0.2, 0) is 0 Å². The zero-order valence-corrected chi connectivity index (χ0v) is 18.6. The van der Waals surface area contributed by atoms with Gasteiger partial charge in [0.25, 0.3) is 5.91 Å². The molecule has 0 fully saturated rings. The maximum absolute atomic E-state index is 13.2. The first kappa shape index (κ1) is 21.1. The van der Waals surface area contributed by atoms with Gasteiger partial charge in [-0.2, -0.15) is 0 Å². The van der Waals surface area contributed by atoms with Crippen LogP contribution in [0, 0.1) is 11.8 Å². The van der Waals surface area contributed by atoms with Gasteiger partial charge in [-0.1, -0.05) is 36.3 Å². The molecule has 4 heterocycles. The third-order valence-corrected chi connectivity index (χ3v) is 5.51. The summed E-state index contributed by atoms with van der Waals surface area (Å²) in [5, 5.41) is 7.22. The zero-order valence-electron chi connectivity index (χ0n) is 18.6. The van der Waals surface area contributed by atoms with Crippen molar-refractivity contribution in [1.29, 1.82) is 0 Å². The van der Waals surface area contributed by atoms with Gasteiger partial charge in [0.1, 0.15) is 11.1 Å². The van der Waals surface area contributed by atoms with Crippen molar-refractivity contribution in [1.82, 2.24) is 29.9 Å². The second-order valence-corrected chi connectivity index (χ2v) is 7.74. The first-order valence-electron chi connectivity index (χ1n) is 10.7. The van der Waals surface area contributed by atoms with E-state index in [0.29, 0.717) is 16.7 Å². The van der Waals surface area contributed by atoms with Crippen molar-refractivity contribution >= 4 is 28.4 Å². The molecule has 0 radical (unpaired) electrons. The van der Waals surface area contributed by atoms with Gasteiger partial charge in [0.15, 0.2) is 11.5 Å². The van der Waals surface area contributed by atoms with Crippen molar-refractivity contribution in [3.63, 3.8) is 0 Å². The zero-order chi connectivity index (χ0) is 23.7. The smallest absolute Gasteiger partial charge is 0.259 e. The summed E-state index contributed by atoms with van der Waals surface area (Å²) in [6.07, 6.45) is 5.01. The molecule has 4 aromatic heterocycles. The van der Waals surface area contributed by atoms with E-state index in [9.17, 15) is 4.79 Å². The van der Waals surface area contributed by atoms with Crippen molar-refractivity contribution in [3.05, 3.63) is 83.8 Å². The minimum atomic E-state index is -0.402. The highest BCUT2D eigenvalue weighted by Crippen LogP contribution is 2.30. The van der Waals surface area contributed by atoms with Crippen LogP contribution < -0.4 is 11.1 Å². The molecule has 1 amide bonds. The van der Waals surface area contributed by atoms with E-state index < -0.39 is 6.04 Å². The molecule has 5 aromatic rings. The second-order valence-electron chi connectivity index (χ2n) is 7.74. The van der Waals surface area contributed by atoms with Crippen LogP contribution in [0.3, 0.4) is 0 Å². The Morgan fingerprint density at radius 1 is 1.12 bits per heavy atom. The summed E-state index contributed by atoms with van der Waals surface area (Å²) in [5.41, 5.74) is 11.4. The molecule has 166 valence electrons. The molecule has 1 aromatic carbocycles. The molecular formula is C26H21N7O. The number of hydrogen-bond acceptors (Lipinski definition) is 6. The molecular weight excluding hydrogens is 426 g/mol. The standard InChI is InChI=1S/C26H21N7O/c1-3-8-17-11-13-28-20-15-19(22(31-23(17)20)18-9-5-4-6-10-18)16(2)30-26(34)21-24(27)32-33-14-7-12-29-25(21)33/h4-7,9-16H,1-2H3,(H2,27,32)(H,30,34)/t16-/m0/s1. The highest BCUT2D eigenvalue weighted by Gasteiger charge is 2.23. The van der Waals surface area contributed by atoms with Gasteiger partial charge in [0.05, 0.1) is 22.8 Å². The summed E-state index contributed by atoms with van der Waals surface area (Å²) in [6, 6.07) is 15.0. The molecule has 1 atom stereocenters. The van der Waals surface area contributed by atoms with Crippen molar-refractivity contribution in [2.45, 2.75) is 19.9 Å². The Bertz CT molecular complexity index is 1600. The first-order chi connectivity index (χ1) is 16.6. The Labute approximate surface area is 195 Å². The Kier molecular flexibility index (Phi) is 5.36. The van der Waals surface area contributed by atoms with Gasteiger partial charge in [-0.3, -0.25) is 9.78 Å². The fourth-order valence-electron chi connectivity index (χ4n) is 3.95. The highest BCUT2D eigenvalue weighted by molar-refractivity contribution is 6.04. The molecule has 3 N–H and O–H groups in total. The fourth-order valence-corrected chi connectivity index (χ4v) is 3.95. The van der Waals surface area contributed by atoms with Crippen LogP contribution in [0.4, 0.5) is 5.82 Å². The average molecular weight is 448 g/mol. The van der Waals surface area contributed by atoms with Crippen molar-refractivity contribution < 1.29 is 4.79 Å². The number of amides is 1. The number of nitrogens with one attached hydrogen (secondary N) is 1. The average Bonchev–Trinajstić information content (AvgIpc) is 3.20. The van der Waals surface area contributed by atoms with Crippen LogP contribution in [0.5, 0.6) is 0 Å². The first-order valence-corrected chi connectivity index (χ1v) is 10.7. The molecule has 0 saturated carbocycles. The number of hydrogen-bond donors (Lipinski definition) is 2. The summed E-state index contributed by atoms with van der Waals surface area (Å²) in [7, 11) is 0. The predicted molar refractivity (Wildman–Crippen MR) is 131 cm³/mol. The third kappa shape index (κ3) is 3.69. The largest absolute Gasteiger partial charge is 0.381 e. The number of aromatic nitrogens is 5. The van der Waals surface area contributed by atoms with Crippen LogP contribution in [0.2, 0.25) is 0 Å². The van der Waals surface area contributed by atoms with Gasteiger partial charge in [-0.15, -0.1) is 11.0 Å². The number of nitrogen functional groups attached to an aromatic ring is 1. The molecule has 0 unspecified atom stereocenters. The predicted octanol–water partition coefficient (Wildman–Crippen LogP) is 3.78. The van der Waals surface area contributed by atoms with Crippen LogP contribution in [0.25, 0.3) is 27.9 Å². The van der Waals surface area contributed by atoms with Crippen molar-refractivity contribution in [2.24, 2.45) is 0 Å². The fraction of sp³-hybridized carbons (Fsp3) is 0.115. The SMILES string of the molecule is CC#Cc1ccnc2cc([C@H](C)NC(=O)c3c(N)nn4cccnc34)c(-c3ccccc3)nc12. The normalized spacial score (nSPS) is 11.7. The van der Waals surface area contributed by atoms with E-state index in [1.54, 1.807) is 31.6 Å². The molecule has 8 nitrogen and oxygen atoms in total. The molecule has 8 heteroatoms. The number of carbonyl (C=O) groups excluding carboxylic acids is 1. The maximum atomic E-state index is 13.2. The molecule has 5 rings (SSSR count). The topological polar surface area (TPSA) is 111 Å². The lowest BCUT2D eigenvalue weighted by molar-refractivity contribution is 0.0942. The summed E-state index contributed by atoms with van der Waals surface area (Å²) in [5.74, 6) is 5.79. The number of benzene rings is 1. The van der Waals surface area contributed by atoms with Gasteiger partial charge < -0.3 is 11.1 Å². The third-order valence-electron chi connectivity index (χ3n) is 5.51. The van der Waals surface area contributed by atoms with Gasteiger partial charge in [0, 0.05) is 29.7 Å². The van der Waals surface area contributed by atoms with Gasteiger partial charge in [0.2, 0.25) is 0 Å². The van der Waals surface area contributed by atoms with E-state index in [2.05, 4.69) is 32.2 Å². The van der Waals surface area contributed by atoms with Crippen LogP contribution in [0.15, 0.2) is 67.1 Å². The van der Waals surface area contributed by atoms with E-state index >= 15 is 0 Å². The summed E-state index contributed by atoms with van der Waals surface area (Å²) in [6.45, 7) is 3.69. The van der Waals surface area contributed by atoms with Gasteiger partial charge in [-0.25, -0.2) is 14.5 Å². The van der Waals surface area contributed by atoms with E-state index in [1.165, 1.54) is 4.52 Å². The minimum absolute atomic E-state index is 0.118. The Morgan fingerprint density at radius 2 is 1.94 bits per heavy atom. The van der Waals surface area contributed by atoms with Gasteiger partial charge in [-0.05, 0) is 32.0 Å². The quantitative estimate of drug-likeness (QED) is 0.406. The molecule has 0 bridgehead atoms. The van der Waals surface area contributed by atoms with E-state index in [1.807, 2.05) is 49.4 Å². The Balaban J connectivity index is 1.61. The summed E-state index contributed by atoms with van der Waals surface area (Å²) < 4.78 is 1.49. The number of fused-ring (bicyclic) bond motifs is 2. The lowest BCUT2D eigenvalue weighted by Crippen LogP contribution is -2.28. The van der Waals surface area contributed by atoms with E-state index in [-0.39, 0.29) is 17.3 Å². The number of anilines is 1. The number of nitrogens with zero attached hydrogens (tertiary/aromatic N) is 5. The van der Waals surface area contributed by atoms with E-state index in [4.69, 9.17) is 10.7 Å². The molecule has 34 heavy (non-hydrogen) atoms. The summed E-state index contributed by atoms with van der Waals surface area (Å²) in [4.78, 5) is 26.9. The van der Waals surface area contributed by atoms with Crippen LogP contribution in [0.1, 0.15) is 41.4 Å². The van der Waals surface area contributed by atoms with Gasteiger partial charge >= 0.3 is 0 Å². The molecule has 0 saturated heterocycles. The van der Waals surface area contributed by atoms with Crippen LogP contribution >= 0.6 is 0 Å². The Morgan fingerprint density at radius 3 is 2.74 bits per heavy atom. The monoisotopic (exact) mass is 447 g/mol. The Hall–Kier alpha value is -4.77. The van der Waals surface area contributed by atoms with E-state index in [0.717, 1.165) is 22.4 Å². The lowest BCUT2D eigenvalue weighted by Gasteiger charge is -2.19. The molecule has 0 aliphatic rings. The molecule has 0 aliphatic heterocycles. The number of pyridine rings is 2.